The van der Waals surface area contributed by atoms with Crippen molar-refractivity contribution in [2.45, 2.75) is 103 Å². The molecule has 0 aromatic heterocycles. The summed E-state index contributed by atoms with van der Waals surface area (Å²) in [4.78, 5) is 15.9. The van der Waals surface area contributed by atoms with E-state index in [0.717, 1.165) is 38.8 Å². The van der Waals surface area contributed by atoms with Crippen LogP contribution in [0, 0.1) is 0 Å². The first kappa shape index (κ1) is 19.5. The molecule has 2 rings (SSSR count). The highest BCUT2D eigenvalue weighted by Crippen LogP contribution is 2.30. The highest BCUT2D eigenvalue weighted by atomic mass is 16.5. The molecule has 24 heavy (non-hydrogen) atoms. The van der Waals surface area contributed by atoms with Crippen LogP contribution in [0.3, 0.4) is 0 Å². The topological polar surface area (TPSA) is 53.0 Å². The monoisotopic (exact) mass is 340 g/mol. The van der Waals surface area contributed by atoms with Gasteiger partial charge in [-0.15, -0.1) is 0 Å². The number of amides is 1. The maximum Gasteiger partial charge on any atom is 0.407 e. The van der Waals surface area contributed by atoms with Crippen LogP contribution in [-0.4, -0.2) is 63.9 Å². The van der Waals surface area contributed by atoms with Gasteiger partial charge in [0.15, 0.2) is 0 Å². The van der Waals surface area contributed by atoms with Crippen LogP contribution in [0.1, 0.15) is 73.1 Å². The second-order valence-corrected chi connectivity index (χ2v) is 8.71. The molecule has 0 spiro atoms. The second kappa shape index (κ2) is 8.05. The van der Waals surface area contributed by atoms with E-state index in [9.17, 15) is 9.90 Å². The summed E-state index contributed by atoms with van der Waals surface area (Å²) in [5, 5.41) is 9.58. The van der Waals surface area contributed by atoms with E-state index in [1.54, 1.807) is 4.90 Å². The average Bonchev–Trinajstić information content (AvgIpc) is 2.46. The summed E-state index contributed by atoms with van der Waals surface area (Å²) < 4.78 is 5.95. The van der Waals surface area contributed by atoms with Gasteiger partial charge in [0.05, 0.1) is 12.2 Å². The van der Waals surface area contributed by atoms with Gasteiger partial charge in [-0.3, -0.25) is 0 Å². The zero-order valence-electron chi connectivity index (χ0n) is 16.1. The van der Waals surface area contributed by atoms with Gasteiger partial charge in [-0.05, 0) is 73.1 Å². The van der Waals surface area contributed by atoms with Crippen molar-refractivity contribution in [3.63, 3.8) is 0 Å². The minimum Gasteiger partial charge on any atom is -0.465 e. The van der Waals surface area contributed by atoms with Crippen LogP contribution in [0.15, 0.2) is 0 Å². The molecular formula is C19H36N2O3. The summed E-state index contributed by atoms with van der Waals surface area (Å²) >= 11 is 0. The molecule has 5 nitrogen and oxygen atoms in total. The van der Waals surface area contributed by atoms with E-state index in [4.69, 9.17) is 4.74 Å². The standard InChI is InChI=1S/C19H36N2O3/c1-14(2)24-17-8-6-15(7-9-17)20-12-10-16(11-13-20)21(18(22)23)19(3,4)5/h14-17H,6-13H2,1-5H3,(H,22,23)/t15-,17-. The van der Waals surface area contributed by atoms with Gasteiger partial charge in [0, 0.05) is 30.7 Å². The predicted molar refractivity (Wildman–Crippen MR) is 96.5 cm³/mol. The lowest BCUT2D eigenvalue weighted by Crippen LogP contribution is -2.56. The molecule has 2 fully saturated rings. The largest absolute Gasteiger partial charge is 0.465 e. The lowest BCUT2D eigenvalue weighted by Gasteiger charge is -2.46. The van der Waals surface area contributed by atoms with Crippen molar-refractivity contribution in [2.75, 3.05) is 13.1 Å². The molecular weight excluding hydrogens is 304 g/mol. The van der Waals surface area contributed by atoms with Crippen molar-refractivity contribution in [3.8, 4) is 0 Å². The normalized spacial score (nSPS) is 27.4. The lowest BCUT2D eigenvalue weighted by molar-refractivity contribution is -0.0320. The number of carboxylic acid groups (broad SMARTS) is 1. The van der Waals surface area contributed by atoms with Crippen molar-refractivity contribution in [1.29, 1.82) is 0 Å². The number of hydrogen-bond donors (Lipinski definition) is 1. The Hall–Kier alpha value is -0.810. The van der Waals surface area contributed by atoms with E-state index in [1.165, 1.54) is 12.8 Å². The summed E-state index contributed by atoms with van der Waals surface area (Å²) in [5.41, 5.74) is -0.328. The van der Waals surface area contributed by atoms with Gasteiger partial charge in [-0.2, -0.15) is 0 Å². The van der Waals surface area contributed by atoms with E-state index >= 15 is 0 Å². The van der Waals surface area contributed by atoms with Crippen molar-refractivity contribution in [3.05, 3.63) is 0 Å². The Morgan fingerprint density at radius 3 is 2.04 bits per heavy atom. The van der Waals surface area contributed by atoms with E-state index in [2.05, 4.69) is 18.7 Å². The van der Waals surface area contributed by atoms with Gasteiger partial charge >= 0.3 is 6.09 Å². The molecule has 2 aliphatic rings. The summed E-state index contributed by atoms with van der Waals surface area (Å²) in [6, 6.07) is 0.810. The minimum atomic E-state index is -0.785. The molecule has 140 valence electrons. The van der Waals surface area contributed by atoms with Crippen LogP contribution >= 0.6 is 0 Å². The third kappa shape index (κ3) is 5.09. The smallest absolute Gasteiger partial charge is 0.407 e. The molecule has 1 heterocycles. The average molecular weight is 341 g/mol. The van der Waals surface area contributed by atoms with E-state index < -0.39 is 6.09 Å². The predicted octanol–water partition coefficient (Wildman–Crippen LogP) is 3.97. The third-order valence-electron chi connectivity index (χ3n) is 5.42. The fourth-order valence-electron chi connectivity index (χ4n) is 4.43. The molecule has 0 radical (unpaired) electrons. The van der Waals surface area contributed by atoms with Gasteiger partial charge < -0.3 is 19.6 Å². The Labute approximate surface area is 147 Å². The molecule has 0 aromatic carbocycles. The van der Waals surface area contributed by atoms with Crippen LogP contribution in [0.5, 0.6) is 0 Å². The van der Waals surface area contributed by atoms with Gasteiger partial charge in [-0.1, -0.05) is 0 Å². The summed E-state index contributed by atoms with van der Waals surface area (Å²) in [7, 11) is 0. The molecule has 1 aliphatic carbocycles. The molecule has 0 bridgehead atoms. The SMILES string of the molecule is CC(C)O[C@H]1CC[C@H](N2CCC(N(C(=O)O)C(C)(C)C)CC2)CC1. The van der Waals surface area contributed by atoms with Crippen molar-refractivity contribution in [2.24, 2.45) is 0 Å². The Morgan fingerprint density at radius 1 is 1.08 bits per heavy atom. The van der Waals surface area contributed by atoms with Crippen molar-refractivity contribution >= 4 is 6.09 Å². The van der Waals surface area contributed by atoms with E-state index in [1.807, 2.05) is 20.8 Å². The maximum atomic E-state index is 11.7. The van der Waals surface area contributed by atoms with Crippen LogP contribution < -0.4 is 0 Å². The summed E-state index contributed by atoms with van der Waals surface area (Å²) in [6.45, 7) is 12.2. The van der Waals surface area contributed by atoms with Gasteiger partial charge in [-0.25, -0.2) is 4.79 Å². The van der Waals surface area contributed by atoms with Crippen molar-refractivity contribution < 1.29 is 14.6 Å². The fourth-order valence-corrected chi connectivity index (χ4v) is 4.43. The van der Waals surface area contributed by atoms with Gasteiger partial charge in [0.1, 0.15) is 0 Å². The van der Waals surface area contributed by atoms with Crippen molar-refractivity contribution in [1.82, 2.24) is 9.80 Å². The Kier molecular flexibility index (Phi) is 6.54. The molecule has 0 atom stereocenters. The van der Waals surface area contributed by atoms with Crippen LogP contribution in [0.4, 0.5) is 4.79 Å². The number of likely N-dealkylation sites (tertiary alicyclic amines) is 1. The highest BCUT2D eigenvalue weighted by molar-refractivity contribution is 5.66. The van der Waals surface area contributed by atoms with Crippen LogP contribution in [-0.2, 0) is 4.74 Å². The number of hydrogen-bond acceptors (Lipinski definition) is 3. The van der Waals surface area contributed by atoms with Crippen LogP contribution in [0.2, 0.25) is 0 Å². The van der Waals surface area contributed by atoms with Gasteiger partial charge in [0.2, 0.25) is 0 Å². The number of carbonyl (C=O) groups is 1. The number of piperidine rings is 1. The first-order valence-electron chi connectivity index (χ1n) is 9.60. The Morgan fingerprint density at radius 2 is 1.62 bits per heavy atom. The first-order valence-corrected chi connectivity index (χ1v) is 9.60. The number of nitrogens with zero attached hydrogens (tertiary/aromatic N) is 2. The minimum absolute atomic E-state index is 0.152. The Balaban J connectivity index is 1.82. The lowest BCUT2D eigenvalue weighted by atomic mass is 9.89. The molecule has 1 saturated heterocycles. The molecule has 0 unspecified atom stereocenters. The molecule has 5 heteroatoms. The van der Waals surface area contributed by atoms with Crippen LogP contribution in [0.25, 0.3) is 0 Å². The maximum absolute atomic E-state index is 11.7. The van der Waals surface area contributed by atoms with E-state index in [0.29, 0.717) is 18.2 Å². The highest BCUT2D eigenvalue weighted by Gasteiger charge is 2.37. The summed E-state index contributed by atoms with van der Waals surface area (Å²) in [6.07, 6.45) is 6.61. The first-order chi connectivity index (χ1) is 11.2. The molecule has 1 saturated carbocycles. The quantitative estimate of drug-likeness (QED) is 0.841. The molecule has 1 amide bonds. The molecule has 1 aliphatic heterocycles. The number of rotatable bonds is 4. The zero-order valence-corrected chi connectivity index (χ0v) is 16.1. The number of ether oxygens (including phenoxy) is 1. The second-order valence-electron chi connectivity index (χ2n) is 8.71. The Bertz CT molecular complexity index is 403. The fraction of sp³-hybridized carbons (Fsp3) is 0.947. The third-order valence-corrected chi connectivity index (χ3v) is 5.42. The molecule has 1 N–H and O–H groups in total. The zero-order chi connectivity index (χ0) is 17.9. The van der Waals surface area contributed by atoms with Gasteiger partial charge in [0.25, 0.3) is 0 Å². The summed E-state index contributed by atoms with van der Waals surface area (Å²) in [5.74, 6) is 0. The molecule has 0 aromatic rings. The van der Waals surface area contributed by atoms with E-state index in [-0.39, 0.29) is 11.6 Å².